The SMILES string of the molecule is COc1ccc(C(O)(CN(C)C)C2CC2)cc1. The van der Waals surface area contributed by atoms with Crippen LogP contribution in [0.1, 0.15) is 18.4 Å². The van der Waals surface area contributed by atoms with E-state index in [1.165, 1.54) is 0 Å². The summed E-state index contributed by atoms with van der Waals surface area (Å²) < 4.78 is 5.15. The molecule has 1 unspecified atom stereocenters. The van der Waals surface area contributed by atoms with Crippen molar-refractivity contribution in [1.82, 2.24) is 4.90 Å². The van der Waals surface area contributed by atoms with Gasteiger partial charge in [0.05, 0.1) is 7.11 Å². The van der Waals surface area contributed by atoms with Gasteiger partial charge in [0.15, 0.2) is 0 Å². The molecular formula is C14H21NO2. The number of ether oxygens (including phenoxy) is 1. The largest absolute Gasteiger partial charge is 0.497 e. The van der Waals surface area contributed by atoms with Crippen LogP contribution in [0, 0.1) is 5.92 Å². The van der Waals surface area contributed by atoms with Crippen molar-refractivity contribution >= 4 is 0 Å². The molecule has 0 spiro atoms. The Hall–Kier alpha value is -1.06. The maximum atomic E-state index is 10.9. The van der Waals surface area contributed by atoms with E-state index in [0.29, 0.717) is 12.5 Å². The summed E-state index contributed by atoms with van der Waals surface area (Å²) in [7, 11) is 5.65. The van der Waals surface area contributed by atoms with Gasteiger partial charge in [-0.05, 0) is 50.6 Å². The monoisotopic (exact) mass is 235 g/mol. The second-order valence-corrected chi connectivity index (χ2v) is 5.16. The first-order chi connectivity index (χ1) is 8.06. The van der Waals surface area contributed by atoms with Crippen LogP contribution in [0.15, 0.2) is 24.3 Å². The topological polar surface area (TPSA) is 32.7 Å². The Morgan fingerprint density at radius 3 is 2.29 bits per heavy atom. The molecule has 1 aliphatic carbocycles. The van der Waals surface area contributed by atoms with Crippen molar-refractivity contribution in [3.63, 3.8) is 0 Å². The van der Waals surface area contributed by atoms with Crippen LogP contribution in [0.4, 0.5) is 0 Å². The van der Waals surface area contributed by atoms with Crippen LogP contribution in [-0.4, -0.2) is 37.8 Å². The predicted molar refractivity (Wildman–Crippen MR) is 68.2 cm³/mol. The summed E-state index contributed by atoms with van der Waals surface area (Å²) in [6, 6.07) is 7.78. The molecule has 1 saturated carbocycles. The molecule has 94 valence electrons. The van der Waals surface area contributed by atoms with Gasteiger partial charge in [0.2, 0.25) is 0 Å². The molecule has 0 radical (unpaired) electrons. The van der Waals surface area contributed by atoms with Crippen LogP contribution in [0.2, 0.25) is 0 Å². The molecule has 0 aliphatic heterocycles. The van der Waals surface area contributed by atoms with Crippen LogP contribution in [0.5, 0.6) is 5.75 Å². The van der Waals surface area contributed by atoms with Gasteiger partial charge in [-0.15, -0.1) is 0 Å². The summed E-state index contributed by atoms with van der Waals surface area (Å²) in [5, 5.41) is 10.9. The highest BCUT2D eigenvalue weighted by Gasteiger charge is 2.45. The van der Waals surface area contributed by atoms with Gasteiger partial charge in [-0.25, -0.2) is 0 Å². The van der Waals surface area contributed by atoms with Crippen LogP contribution in [-0.2, 0) is 5.60 Å². The predicted octanol–water partition coefficient (Wildman–Crippen LogP) is 1.85. The van der Waals surface area contributed by atoms with E-state index in [-0.39, 0.29) is 0 Å². The first-order valence-electron chi connectivity index (χ1n) is 6.08. The average molecular weight is 235 g/mol. The minimum absolute atomic E-state index is 0.401. The smallest absolute Gasteiger partial charge is 0.118 e. The lowest BCUT2D eigenvalue weighted by Crippen LogP contribution is -2.39. The van der Waals surface area contributed by atoms with Gasteiger partial charge < -0.3 is 14.7 Å². The number of rotatable bonds is 5. The van der Waals surface area contributed by atoms with Gasteiger partial charge in [-0.3, -0.25) is 0 Å². The number of benzene rings is 1. The average Bonchev–Trinajstić information content (AvgIpc) is 3.12. The number of hydrogen-bond acceptors (Lipinski definition) is 3. The summed E-state index contributed by atoms with van der Waals surface area (Å²) in [5.74, 6) is 1.23. The van der Waals surface area contributed by atoms with E-state index < -0.39 is 5.60 Å². The van der Waals surface area contributed by atoms with Crippen LogP contribution < -0.4 is 4.74 Å². The lowest BCUT2D eigenvalue weighted by atomic mass is 9.88. The Labute approximate surface area is 103 Å². The summed E-state index contributed by atoms with van der Waals surface area (Å²) in [6.07, 6.45) is 2.24. The number of methoxy groups -OCH3 is 1. The second kappa shape index (κ2) is 4.67. The zero-order valence-electron chi connectivity index (χ0n) is 10.8. The molecule has 0 bridgehead atoms. The summed E-state index contributed by atoms with van der Waals surface area (Å²) in [6.45, 7) is 0.671. The number of hydrogen-bond donors (Lipinski definition) is 1. The maximum Gasteiger partial charge on any atom is 0.118 e. The highest BCUT2D eigenvalue weighted by atomic mass is 16.5. The third-order valence-electron chi connectivity index (χ3n) is 3.40. The van der Waals surface area contributed by atoms with Crippen LogP contribution in [0.25, 0.3) is 0 Å². The third-order valence-corrected chi connectivity index (χ3v) is 3.40. The fourth-order valence-electron chi connectivity index (χ4n) is 2.38. The zero-order chi connectivity index (χ0) is 12.5. The summed E-state index contributed by atoms with van der Waals surface area (Å²) >= 11 is 0. The molecule has 17 heavy (non-hydrogen) atoms. The number of nitrogens with zero attached hydrogens (tertiary/aromatic N) is 1. The molecular weight excluding hydrogens is 214 g/mol. The molecule has 0 heterocycles. The third kappa shape index (κ3) is 2.61. The van der Waals surface area contributed by atoms with Gasteiger partial charge in [0.25, 0.3) is 0 Å². The maximum absolute atomic E-state index is 10.9. The first-order valence-corrected chi connectivity index (χ1v) is 6.08. The Morgan fingerprint density at radius 1 is 1.29 bits per heavy atom. The lowest BCUT2D eigenvalue weighted by Gasteiger charge is -2.32. The minimum atomic E-state index is -0.713. The van der Waals surface area contributed by atoms with Crippen molar-refractivity contribution in [2.75, 3.05) is 27.7 Å². The molecule has 1 N–H and O–H groups in total. The molecule has 0 aromatic heterocycles. The van der Waals surface area contributed by atoms with Crippen molar-refractivity contribution in [3.8, 4) is 5.75 Å². The quantitative estimate of drug-likeness (QED) is 0.845. The molecule has 3 nitrogen and oxygen atoms in total. The summed E-state index contributed by atoms with van der Waals surface area (Å²) in [4.78, 5) is 2.04. The van der Waals surface area contributed by atoms with Gasteiger partial charge in [0.1, 0.15) is 11.4 Å². The van der Waals surface area contributed by atoms with Gasteiger partial charge in [-0.1, -0.05) is 12.1 Å². The molecule has 1 aromatic carbocycles. The summed E-state index contributed by atoms with van der Waals surface area (Å²) in [5.41, 5.74) is 0.282. The van der Waals surface area contributed by atoms with Crippen LogP contribution in [0.3, 0.4) is 0 Å². The normalized spacial score (nSPS) is 19.1. The highest BCUT2D eigenvalue weighted by Crippen LogP contribution is 2.46. The van der Waals surface area contributed by atoms with Crippen molar-refractivity contribution in [2.45, 2.75) is 18.4 Å². The first kappa shape index (κ1) is 12.4. The van der Waals surface area contributed by atoms with Gasteiger partial charge >= 0.3 is 0 Å². The van der Waals surface area contributed by atoms with Crippen molar-refractivity contribution in [2.24, 2.45) is 5.92 Å². The van der Waals surface area contributed by atoms with Crippen molar-refractivity contribution in [1.29, 1.82) is 0 Å². The molecule has 2 rings (SSSR count). The molecule has 0 saturated heterocycles. The molecule has 1 atom stereocenters. The van der Waals surface area contributed by atoms with E-state index in [2.05, 4.69) is 0 Å². The van der Waals surface area contributed by atoms with E-state index in [9.17, 15) is 5.11 Å². The number of likely N-dealkylation sites (N-methyl/N-ethyl adjacent to an activating group) is 1. The molecule has 3 heteroatoms. The fraction of sp³-hybridized carbons (Fsp3) is 0.571. The van der Waals surface area contributed by atoms with Crippen LogP contribution >= 0.6 is 0 Å². The van der Waals surface area contributed by atoms with E-state index in [1.54, 1.807) is 7.11 Å². The molecule has 1 fully saturated rings. The Morgan fingerprint density at radius 2 is 1.88 bits per heavy atom. The van der Waals surface area contributed by atoms with Crippen molar-refractivity contribution in [3.05, 3.63) is 29.8 Å². The zero-order valence-corrected chi connectivity index (χ0v) is 10.8. The standard InChI is InChI=1S/C14H21NO2/c1-15(2)10-14(16,11-4-5-11)12-6-8-13(17-3)9-7-12/h6-9,11,16H,4-5,10H2,1-3H3. The Kier molecular flexibility index (Phi) is 3.40. The van der Waals surface area contributed by atoms with E-state index in [0.717, 1.165) is 24.2 Å². The Bertz CT molecular complexity index is 370. The molecule has 1 aliphatic rings. The van der Waals surface area contributed by atoms with Gasteiger partial charge in [0, 0.05) is 6.54 Å². The van der Waals surface area contributed by atoms with Crippen molar-refractivity contribution < 1.29 is 9.84 Å². The van der Waals surface area contributed by atoms with E-state index in [1.807, 2.05) is 43.3 Å². The highest BCUT2D eigenvalue weighted by molar-refractivity contribution is 5.32. The molecule has 1 aromatic rings. The minimum Gasteiger partial charge on any atom is -0.497 e. The Balaban J connectivity index is 2.25. The van der Waals surface area contributed by atoms with E-state index >= 15 is 0 Å². The number of aliphatic hydroxyl groups is 1. The molecule has 0 amide bonds. The second-order valence-electron chi connectivity index (χ2n) is 5.16. The van der Waals surface area contributed by atoms with Gasteiger partial charge in [-0.2, -0.15) is 0 Å². The lowest BCUT2D eigenvalue weighted by molar-refractivity contribution is -0.00998. The fourth-order valence-corrected chi connectivity index (χ4v) is 2.38. The van der Waals surface area contributed by atoms with E-state index in [4.69, 9.17) is 4.74 Å².